The number of benzene rings is 1. The highest BCUT2D eigenvalue weighted by Gasteiger charge is 2.36. The molecule has 0 aliphatic rings. The van der Waals surface area contributed by atoms with Gasteiger partial charge in [0.05, 0.1) is 0 Å². The molecule has 1 aromatic heterocycles. The minimum absolute atomic E-state index is 0.274. The van der Waals surface area contributed by atoms with Crippen LogP contribution in [-0.4, -0.2) is 21.4 Å². The number of pyridine rings is 1. The number of aromatic nitrogens is 1. The van der Waals surface area contributed by atoms with Gasteiger partial charge in [0.2, 0.25) is 0 Å². The maximum absolute atomic E-state index is 12.6. The van der Waals surface area contributed by atoms with E-state index >= 15 is 0 Å². The summed E-state index contributed by atoms with van der Waals surface area (Å²) in [7, 11) is 0. The van der Waals surface area contributed by atoms with Crippen LogP contribution in [0, 0.1) is 0 Å². The highest BCUT2D eigenvalue weighted by molar-refractivity contribution is 9.10. The van der Waals surface area contributed by atoms with Gasteiger partial charge >= 0.3 is 0 Å². The molecule has 0 saturated heterocycles. The first-order valence-electron chi connectivity index (χ1n) is 8.14. The van der Waals surface area contributed by atoms with E-state index in [2.05, 4.69) is 38.5 Å². The third kappa shape index (κ3) is 6.31. The van der Waals surface area contributed by atoms with E-state index in [1.54, 1.807) is 42.6 Å². The van der Waals surface area contributed by atoms with Gasteiger partial charge in [0.1, 0.15) is 11.9 Å². The molecule has 0 saturated carbocycles. The maximum atomic E-state index is 12.6. The van der Waals surface area contributed by atoms with Crippen LogP contribution in [0.2, 0.25) is 5.02 Å². The molecule has 8 heteroatoms. The first-order chi connectivity index (χ1) is 12.3. The second kappa shape index (κ2) is 9.79. The third-order valence-electron chi connectivity index (χ3n) is 3.68. The lowest BCUT2D eigenvalue weighted by molar-refractivity contribution is 0.0932. The third-order valence-corrected chi connectivity index (χ3v) is 5.21. The van der Waals surface area contributed by atoms with Gasteiger partial charge in [-0.05, 0) is 58.7 Å². The first kappa shape index (κ1) is 21.3. The highest BCUT2D eigenvalue weighted by Crippen LogP contribution is 2.32. The van der Waals surface area contributed by atoms with Crippen LogP contribution in [0.3, 0.4) is 0 Å². The van der Waals surface area contributed by atoms with Crippen molar-refractivity contribution in [3.63, 3.8) is 0 Å². The van der Waals surface area contributed by atoms with Crippen LogP contribution in [-0.2, 0) is 0 Å². The SMILES string of the molecule is CCCCC(Cl)(Cl)C(NC(=O)c1ccc(Br)cn1)Nc1ccc(Cl)cc1. The number of rotatable bonds is 8. The Bertz CT molecular complexity index is 723. The van der Waals surface area contributed by atoms with Gasteiger partial charge in [-0.3, -0.25) is 4.79 Å². The average molecular weight is 480 g/mol. The number of carbonyl (C=O) groups excluding carboxylic acids is 1. The quantitative estimate of drug-likeness (QED) is 0.359. The molecule has 1 atom stereocenters. The van der Waals surface area contributed by atoms with Crippen LogP contribution in [0.15, 0.2) is 47.1 Å². The Morgan fingerprint density at radius 1 is 1.23 bits per heavy atom. The number of unbranched alkanes of at least 4 members (excludes halogenated alkanes) is 1. The van der Waals surface area contributed by atoms with E-state index in [1.807, 2.05) is 0 Å². The van der Waals surface area contributed by atoms with Gasteiger partial charge in [-0.2, -0.15) is 0 Å². The second-order valence-electron chi connectivity index (χ2n) is 5.78. The zero-order valence-corrected chi connectivity index (χ0v) is 18.0. The lowest BCUT2D eigenvalue weighted by Crippen LogP contribution is -2.51. The molecular formula is C18H19BrCl3N3O. The molecule has 26 heavy (non-hydrogen) atoms. The van der Waals surface area contributed by atoms with Crippen LogP contribution in [0.4, 0.5) is 5.69 Å². The molecule has 0 aliphatic heterocycles. The fraction of sp³-hybridized carbons (Fsp3) is 0.333. The Morgan fingerprint density at radius 2 is 1.92 bits per heavy atom. The molecule has 0 radical (unpaired) electrons. The van der Waals surface area contributed by atoms with Crippen molar-refractivity contribution < 1.29 is 4.79 Å². The summed E-state index contributed by atoms with van der Waals surface area (Å²) in [6, 6.07) is 10.4. The summed E-state index contributed by atoms with van der Waals surface area (Å²) in [5.41, 5.74) is 1.02. The summed E-state index contributed by atoms with van der Waals surface area (Å²) in [6.07, 6.45) is 3.14. The summed E-state index contributed by atoms with van der Waals surface area (Å²) in [4.78, 5) is 16.7. The summed E-state index contributed by atoms with van der Waals surface area (Å²) < 4.78 is -0.405. The van der Waals surface area contributed by atoms with E-state index in [1.165, 1.54) is 0 Å². The van der Waals surface area contributed by atoms with E-state index < -0.39 is 10.5 Å². The van der Waals surface area contributed by atoms with E-state index in [-0.39, 0.29) is 11.6 Å². The van der Waals surface area contributed by atoms with Crippen molar-refractivity contribution >= 4 is 62.3 Å². The molecule has 2 rings (SSSR count). The average Bonchev–Trinajstić information content (AvgIpc) is 2.61. The van der Waals surface area contributed by atoms with Crippen molar-refractivity contribution in [3.8, 4) is 0 Å². The van der Waals surface area contributed by atoms with Crippen LogP contribution in [0.1, 0.15) is 36.7 Å². The number of amides is 1. The molecule has 1 amide bonds. The maximum Gasteiger partial charge on any atom is 0.271 e. The van der Waals surface area contributed by atoms with E-state index in [0.717, 1.165) is 23.0 Å². The predicted molar refractivity (Wildman–Crippen MR) is 112 cm³/mol. The van der Waals surface area contributed by atoms with Crippen LogP contribution < -0.4 is 10.6 Å². The van der Waals surface area contributed by atoms with E-state index in [0.29, 0.717) is 11.4 Å². The molecule has 140 valence electrons. The van der Waals surface area contributed by atoms with Gasteiger partial charge in [0, 0.05) is 21.4 Å². The van der Waals surface area contributed by atoms with Crippen LogP contribution in [0.5, 0.6) is 0 Å². The Labute approximate surface area is 176 Å². The van der Waals surface area contributed by atoms with Gasteiger partial charge in [0.15, 0.2) is 4.33 Å². The topological polar surface area (TPSA) is 54.0 Å². The van der Waals surface area contributed by atoms with Crippen molar-refractivity contribution in [2.75, 3.05) is 5.32 Å². The van der Waals surface area contributed by atoms with Gasteiger partial charge in [-0.25, -0.2) is 4.98 Å². The van der Waals surface area contributed by atoms with Gasteiger partial charge < -0.3 is 10.6 Å². The number of halogens is 4. The molecule has 2 aromatic rings. The van der Waals surface area contributed by atoms with Crippen molar-refractivity contribution in [2.45, 2.75) is 36.7 Å². The number of anilines is 1. The number of nitrogens with zero attached hydrogens (tertiary/aromatic N) is 1. The minimum Gasteiger partial charge on any atom is -0.363 e. The lowest BCUT2D eigenvalue weighted by Gasteiger charge is -2.32. The van der Waals surface area contributed by atoms with E-state index in [9.17, 15) is 4.79 Å². The molecule has 0 aliphatic carbocycles. The fourth-order valence-electron chi connectivity index (χ4n) is 2.23. The number of hydrogen-bond acceptors (Lipinski definition) is 3. The van der Waals surface area contributed by atoms with Crippen molar-refractivity contribution in [3.05, 3.63) is 57.8 Å². The van der Waals surface area contributed by atoms with Gasteiger partial charge in [0.25, 0.3) is 5.91 Å². The monoisotopic (exact) mass is 477 g/mol. The molecule has 2 N–H and O–H groups in total. The first-order valence-corrected chi connectivity index (χ1v) is 10.1. The van der Waals surface area contributed by atoms with Gasteiger partial charge in [-0.15, -0.1) is 0 Å². The molecule has 0 fully saturated rings. The Morgan fingerprint density at radius 3 is 2.50 bits per heavy atom. The fourth-order valence-corrected chi connectivity index (χ4v) is 3.08. The summed E-state index contributed by atoms with van der Waals surface area (Å²) in [6.45, 7) is 2.05. The Kier molecular flexibility index (Phi) is 8.02. The molecule has 1 aromatic carbocycles. The normalized spacial score (nSPS) is 12.5. The zero-order chi connectivity index (χ0) is 19.2. The molecule has 1 unspecified atom stereocenters. The van der Waals surface area contributed by atoms with Crippen LogP contribution in [0.25, 0.3) is 0 Å². The number of carbonyl (C=O) groups is 1. The summed E-state index contributed by atoms with van der Waals surface area (Å²) in [5, 5.41) is 6.63. The lowest BCUT2D eigenvalue weighted by atomic mass is 10.1. The van der Waals surface area contributed by atoms with Crippen molar-refractivity contribution in [2.24, 2.45) is 0 Å². The van der Waals surface area contributed by atoms with Crippen molar-refractivity contribution in [1.82, 2.24) is 10.3 Å². The number of hydrogen-bond donors (Lipinski definition) is 2. The Balaban J connectivity index is 2.19. The molecule has 1 heterocycles. The van der Waals surface area contributed by atoms with E-state index in [4.69, 9.17) is 34.8 Å². The smallest absolute Gasteiger partial charge is 0.271 e. The number of alkyl halides is 2. The zero-order valence-electron chi connectivity index (χ0n) is 14.1. The Hall–Kier alpha value is -1.01. The molecule has 0 bridgehead atoms. The number of nitrogens with one attached hydrogen (secondary N) is 2. The highest BCUT2D eigenvalue weighted by atomic mass is 79.9. The summed E-state index contributed by atoms with van der Waals surface area (Å²) in [5.74, 6) is -0.369. The van der Waals surface area contributed by atoms with Gasteiger partial charge in [-0.1, -0.05) is 54.6 Å². The predicted octanol–water partition coefficient (Wildman–Crippen LogP) is 6.03. The standard InChI is InChI=1S/C18H19BrCl3N3O/c1-2-3-10-18(21,22)17(24-14-7-5-13(20)6-8-14)25-16(26)15-9-4-12(19)11-23-15/h4-9,11,17,24H,2-3,10H2,1H3,(H,25,26). The second-order valence-corrected chi connectivity index (χ2v) is 8.68. The molecule has 0 spiro atoms. The summed E-state index contributed by atoms with van der Waals surface area (Å²) >= 11 is 22.3. The van der Waals surface area contributed by atoms with Crippen molar-refractivity contribution in [1.29, 1.82) is 0 Å². The largest absolute Gasteiger partial charge is 0.363 e. The molecular weight excluding hydrogens is 460 g/mol. The van der Waals surface area contributed by atoms with Crippen LogP contribution >= 0.6 is 50.7 Å². The minimum atomic E-state index is -1.19. The molecule has 4 nitrogen and oxygen atoms in total.